The second-order valence-electron chi connectivity index (χ2n) is 24.0. The van der Waals surface area contributed by atoms with Gasteiger partial charge in [-0.3, -0.25) is 0 Å². The van der Waals surface area contributed by atoms with E-state index in [1.54, 1.807) is 0 Å². The molecule has 0 aliphatic heterocycles. The van der Waals surface area contributed by atoms with Gasteiger partial charge < -0.3 is 9.13 Å². The summed E-state index contributed by atoms with van der Waals surface area (Å²) in [6.07, 6.45) is 0. The first-order valence-electron chi connectivity index (χ1n) is 31.7. The average Bonchev–Trinajstić information content (AvgIpc) is 1.56. The average molecular weight is 1200 g/mol. The van der Waals surface area contributed by atoms with E-state index >= 15 is 0 Å². The number of benzene rings is 13. The van der Waals surface area contributed by atoms with Gasteiger partial charge in [0.25, 0.3) is 0 Å². The first-order valence-corrected chi connectivity index (χ1v) is 31.7. The van der Waals surface area contributed by atoms with Crippen molar-refractivity contribution in [1.29, 1.82) is 0 Å². The number of hydrogen-bond donors (Lipinski definition) is 0. The third-order valence-electron chi connectivity index (χ3n) is 18.1. The van der Waals surface area contributed by atoms with Crippen molar-refractivity contribution in [3.8, 4) is 124 Å². The van der Waals surface area contributed by atoms with Gasteiger partial charge in [0.15, 0.2) is 34.9 Å². The summed E-state index contributed by atoms with van der Waals surface area (Å²) in [5.74, 6) is 3.48. The molecule has 4 heterocycles. The fourth-order valence-corrected chi connectivity index (χ4v) is 13.5. The Kier molecular flexibility index (Phi) is 13.8. The summed E-state index contributed by atoms with van der Waals surface area (Å²) < 4.78 is 4.78. The third-order valence-corrected chi connectivity index (χ3v) is 18.1. The molecule has 0 N–H and O–H groups in total. The standard InChI is InChI=1S/C86H58N8/c1-55-24-15-17-36-69(55)64-43-46-78-73(53-64)71-38-19-21-40-76(71)93(78)68-50-66(49-67(51-68)85-89-81(57-26-7-3-8-27-57)87-82(90-85)58-28-9-4-10-29-58)62-35-23-34-61(48-62)63-42-45-80(75(52-63)86-91-83(59-30-11-5-12-31-59)88-84(92-86)60-32-13-6-14-33-60)94-77-41-22-20-39-72(77)74-54-65(44-47-79(74)94)70-37-18-16-25-56(70)2/h3-54H,1-2H3. The maximum atomic E-state index is 5.43. The maximum Gasteiger partial charge on any atom is 0.166 e. The van der Waals surface area contributed by atoms with Gasteiger partial charge in [0.2, 0.25) is 0 Å². The highest BCUT2D eigenvalue weighted by Crippen LogP contribution is 2.43. The maximum absolute atomic E-state index is 5.43. The molecule has 0 saturated carbocycles. The van der Waals surface area contributed by atoms with Crippen LogP contribution in [-0.2, 0) is 0 Å². The van der Waals surface area contributed by atoms with E-state index in [0.717, 1.165) is 105 Å². The van der Waals surface area contributed by atoms with Gasteiger partial charge in [0.05, 0.1) is 27.8 Å². The Hall–Kier alpha value is -12.5. The van der Waals surface area contributed by atoms with Crippen LogP contribution in [0.4, 0.5) is 0 Å². The van der Waals surface area contributed by atoms with Crippen molar-refractivity contribution >= 4 is 43.6 Å². The number of rotatable bonds is 12. The number of hydrogen-bond acceptors (Lipinski definition) is 6. The van der Waals surface area contributed by atoms with Crippen molar-refractivity contribution in [1.82, 2.24) is 39.0 Å². The normalized spacial score (nSPS) is 11.5. The molecule has 0 saturated heterocycles. The molecule has 0 aliphatic carbocycles. The Morgan fingerprint density at radius 2 is 0.553 bits per heavy atom. The van der Waals surface area contributed by atoms with E-state index in [0.29, 0.717) is 34.9 Å². The summed E-state index contributed by atoms with van der Waals surface area (Å²) in [5.41, 5.74) is 22.8. The van der Waals surface area contributed by atoms with Crippen LogP contribution < -0.4 is 0 Å². The molecule has 0 aliphatic rings. The number of nitrogens with zero attached hydrogens (tertiary/aromatic N) is 8. The zero-order valence-electron chi connectivity index (χ0n) is 51.6. The fourth-order valence-electron chi connectivity index (χ4n) is 13.5. The monoisotopic (exact) mass is 1200 g/mol. The molecule has 8 heteroatoms. The molecule has 94 heavy (non-hydrogen) atoms. The van der Waals surface area contributed by atoms with Gasteiger partial charge in [-0.05, 0) is 142 Å². The van der Waals surface area contributed by atoms with Gasteiger partial charge in [-0.2, -0.15) is 0 Å². The highest BCUT2D eigenvalue weighted by Gasteiger charge is 2.23. The van der Waals surface area contributed by atoms with Crippen molar-refractivity contribution in [3.05, 3.63) is 327 Å². The summed E-state index contributed by atoms with van der Waals surface area (Å²) in [5, 5.41) is 4.64. The van der Waals surface area contributed by atoms with Crippen LogP contribution in [0.5, 0.6) is 0 Å². The minimum atomic E-state index is 0.555. The zero-order valence-corrected chi connectivity index (χ0v) is 51.6. The molecule has 8 nitrogen and oxygen atoms in total. The van der Waals surface area contributed by atoms with Crippen LogP contribution in [-0.4, -0.2) is 39.0 Å². The Morgan fingerprint density at radius 1 is 0.202 bits per heavy atom. The second kappa shape index (κ2) is 23.4. The molecule has 442 valence electrons. The van der Waals surface area contributed by atoms with E-state index in [-0.39, 0.29) is 0 Å². The van der Waals surface area contributed by atoms with Gasteiger partial charge in [-0.25, -0.2) is 29.9 Å². The highest BCUT2D eigenvalue weighted by atomic mass is 15.1. The van der Waals surface area contributed by atoms with Gasteiger partial charge in [0, 0.05) is 60.6 Å². The van der Waals surface area contributed by atoms with E-state index < -0.39 is 0 Å². The SMILES string of the molecule is Cc1ccccc1-c1ccc2c(c1)c1ccccc1n2-c1cc(-c2cccc(-c3ccc(-n4c5ccccc5c5cc(-c6ccccc6C)ccc54)c(-c4nc(-c5ccccc5)nc(-c5ccccc5)n4)c3)c2)cc(-c2nc(-c3ccccc3)nc(-c3ccccc3)n2)c1. The van der Waals surface area contributed by atoms with Crippen molar-refractivity contribution < 1.29 is 0 Å². The molecular weight excluding hydrogens is 1150 g/mol. The van der Waals surface area contributed by atoms with Crippen LogP contribution in [0.25, 0.3) is 168 Å². The summed E-state index contributed by atoms with van der Waals surface area (Å²) >= 11 is 0. The van der Waals surface area contributed by atoms with E-state index in [1.807, 2.05) is 72.8 Å². The molecule has 0 bridgehead atoms. The lowest BCUT2D eigenvalue weighted by molar-refractivity contribution is 1.06. The van der Waals surface area contributed by atoms with Gasteiger partial charge in [0.1, 0.15) is 0 Å². The van der Waals surface area contributed by atoms with E-state index in [9.17, 15) is 0 Å². The van der Waals surface area contributed by atoms with Gasteiger partial charge in [-0.15, -0.1) is 0 Å². The Bertz CT molecular complexity index is 5640. The molecule has 17 rings (SSSR count). The van der Waals surface area contributed by atoms with E-state index in [4.69, 9.17) is 29.9 Å². The van der Waals surface area contributed by atoms with Crippen LogP contribution >= 0.6 is 0 Å². The van der Waals surface area contributed by atoms with Crippen LogP contribution in [0, 0.1) is 13.8 Å². The molecule has 4 aromatic heterocycles. The number of aromatic nitrogens is 8. The summed E-state index contributed by atoms with van der Waals surface area (Å²) in [4.78, 5) is 31.8. The molecule has 17 aromatic rings. The number of para-hydroxylation sites is 2. The van der Waals surface area contributed by atoms with Crippen LogP contribution in [0.3, 0.4) is 0 Å². The first-order chi connectivity index (χ1) is 46.4. The van der Waals surface area contributed by atoms with Crippen LogP contribution in [0.1, 0.15) is 11.1 Å². The van der Waals surface area contributed by atoms with Crippen molar-refractivity contribution in [2.75, 3.05) is 0 Å². The van der Waals surface area contributed by atoms with Crippen molar-refractivity contribution in [3.63, 3.8) is 0 Å². The Morgan fingerprint density at radius 3 is 1.05 bits per heavy atom. The van der Waals surface area contributed by atoms with Crippen LogP contribution in [0.15, 0.2) is 315 Å². The molecular formula is C86H58N8. The van der Waals surface area contributed by atoms with Gasteiger partial charge >= 0.3 is 0 Å². The minimum Gasteiger partial charge on any atom is -0.309 e. The fraction of sp³-hybridized carbons (Fsp3) is 0.0233. The zero-order chi connectivity index (χ0) is 62.6. The first kappa shape index (κ1) is 55.5. The highest BCUT2D eigenvalue weighted by molar-refractivity contribution is 6.12. The Balaban J connectivity index is 0.883. The molecule has 13 aromatic carbocycles. The largest absolute Gasteiger partial charge is 0.309 e. The quantitative estimate of drug-likeness (QED) is 0.121. The summed E-state index contributed by atoms with van der Waals surface area (Å²) in [7, 11) is 0. The summed E-state index contributed by atoms with van der Waals surface area (Å²) in [6, 6.07) is 111. The summed E-state index contributed by atoms with van der Waals surface area (Å²) in [6.45, 7) is 4.36. The number of fused-ring (bicyclic) bond motifs is 6. The molecule has 0 fully saturated rings. The Labute approximate surface area is 544 Å². The van der Waals surface area contributed by atoms with Crippen molar-refractivity contribution in [2.45, 2.75) is 13.8 Å². The van der Waals surface area contributed by atoms with Crippen molar-refractivity contribution in [2.24, 2.45) is 0 Å². The smallest absolute Gasteiger partial charge is 0.166 e. The predicted octanol–water partition coefficient (Wildman–Crippen LogP) is 21.5. The van der Waals surface area contributed by atoms with E-state index in [2.05, 4.69) is 266 Å². The van der Waals surface area contributed by atoms with Gasteiger partial charge in [-0.1, -0.05) is 243 Å². The lowest BCUT2D eigenvalue weighted by Crippen LogP contribution is -2.04. The molecule has 0 atom stereocenters. The lowest BCUT2D eigenvalue weighted by Gasteiger charge is -2.17. The van der Waals surface area contributed by atoms with Crippen LogP contribution in [0.2, 0.25) is 0 Å². The second-order valence-corrected chi connectivity index (χ2v) is 24.0. The lowest BCUT2D eigenvalue weighted by atomic mass is 9.95. The molecule has 0 radical (unpaired) electrons. The van der Waals surface area contributed by atoms with E-state index in [1.165, 1.54) is 38.8 Å². The third kappa shape index (κ3) is 10.1. The predicted molar refractivity (Wildman–Crippen MR) is 386 cm³/mol. The minimum absolute atomic E-state index is 0.555. The topological polar surface area (TPSA) is 87.2 Å². The molecule has 0 spiro atoms. The molecule has 0 amide bonds. The molecule has 0 unspecified atom stereocenters. The number of aryl methyl sites for hydroxylation is 2.